The van der Waals surface area contributed by atoms with Crippen molar-refractivity contribution in [2.45, 2.75) is 0 Å². The maximum absolute atomic E-state index is 5.79. The summed E-state index contributed by atoms with van der Waals surface area (Å²) < 4.78 is 1.19. The molecule has 0 aliphatic carbocycles. The van der Waals surface area contributed by atoms with Gasteiger partial charge in [-0.05, 0) is 40.8 Å². The Balaban J connectivity index is 2.95. The van der Waals surface area contributed by atoms with Gasteiger partial charge >= 0.3 is 0 Å². The maximum atomic E-state index is 5.79. The Labute approximate surface area is 83.9 Å². The standard InChI is InChI=1S/C9H7IN2/c10-8-1-2-9(11)6-3-4-12-5-7(6)8/h1-5H,11H2. The van der Waals surface area contributed by atoms with Gasteiger partial charge in [-0.1, -0.05) is 0 Å². The van der Waals surface area contributed by atoms with Crippen LogP contribution in [0.25, 0.3) is 10.8 Å². The molecule has 0 amide bonds. The van der Waals surface area contributed by atoms with E-state index in [-0.39, 0.29) is 0 Å². The molecule has 12 heavy (non-hydrogen) atoms. The Morgan fingerprint density at radius 3 is 2.75 bits per heavy atom. The van der Waals surface area contributed by atoms with Crippen LogP contribution in [0.3, 0.4) is 0 Å². The molecular weight excluding hydrogens is 263 g/mol. The molecule has 0 unspecified atom stereocenters. The lowest BCUT2D eigenvalue weighted by atomic mass is 10.1. The number of halogens is 1. The van der Waals surface area contributed by atoms with E-state index in [0.717, 1.165) is 16.5 Å². The van der Waals surface area contributed by atoms with Crippen molar-refractivity contribution in [3.05, 3.63) is 34.2 Å². The van der Waals surface area contributed by atoms with Crippen molar-refractivity contribution < 1.29 is 0 Å². The molecule has 60 valence electrons. The van der Waals surface area contributed by atoms with E-state index in [4.69, 9.17) is 5.73 Å². The van der Waals surface area contributed by atoms with Gasteiger partial charge in [0.15, 0.2) is 0 Å². The van der Waals surface area contributed by atoms with Gasteiger partial charge in [-0.3, -0.25) is 4.98 Å². The average molecular weight is 270 g/mol. The minimum Gasteiger partial charge on any atom is -0.398 e. The van der Waals surface area contributed by atoms with Crippen LogP contribution in [-0.4, -0.2) is 4.98 Å². The fourth-order valence-corrected chi connectivity index (χ4v) is 1.79. The first-order valence-electron chi connectivity index (χ1n) is 3.57. The maximum Gasteiger partial charge on any atom is 0.0395 e. The van der Waals surface area contributed by atoms with Crippen molar-refractivity contribution in [3.63, 3.8) is 0 Å². The second-order valence-electron chi connectivity index (χ2n) is 2.56. The molecule has 0 atom stereocenters. The molecule has 3 heteroatoms. The molecule has 0 radical (unpaired) electrons. The topological polar surface area (TPSA) is 38.9 Å². The predicted molar refractivity (Wildman–Crippen MR) is 58.9 cm³/mol. The highest BCUT2D eigenvalue weighted by molar-refractivity contribution is 14.1. The van der Waals surface area contributed by atoms with Crippen molar-refractivity contribution >= 4 is 39.1 Å². The van der Waals surface area contributed by atoms with E-state index in [1.807, 2.05) is 24.4 Å². The van der Waals surface area contributed by atoms with E-state index in [1.165, 1.54) is 3.57 Å². The highest BCUT2D eigenvalue weighted by Crippen LogP contribution is 2.24. The van der Waals surface area contributed by atoms with Gasteiger partial charge in [0, 0.05) is 32.4 Å². The molecule has 1 aromatic heterocycles. The lowest BCUT2D eigenvalue weighted by Gasteiger charge is -2.02. The summed E-state index contributed by atoms with van der Waals surface area (Å²) in [5, 5.41) is 2.20. The van der Waals surface area contributed by atoms with Crippen molar-refractivity contribution in [1.82, 2.24) is 4.98 Å². The number of nitrogen functional groups attached to an aromatic ring is 1. The van der Waals surface area contributed by atoms with E-state index >= 15 is 0 Å². The van der Waals surface area contributed by atoms with Gasteiger partial charge in [0.1, 0.15) is 0 Å². The Morgan fingerprint density at radius 2 is 2.00 bits per heavy atom. The number of hydrogen-bond donors (Lipinski definition) is 1. The van der Waals surface area contributed by atoms with Gasteiger partial charge in [-0.2, -0.15) is 0 Å². The minimum absolute atomic E-state index is 0.813. The van der Waals surface area contributed by atoms with Crippen LogP contribution in [0.1, 0.15) is 0 Å². The zero-order valence-corrected chi connectivity index (χ0v) is 8.45. The first-order chi connectivity index (χ1) is 5.79. The number of pyridine rings is 1. The Hall–Kier alpha value is -0.840. The van der Waals surface area contributed by atoms with Crippen LogP contribution >= 0.6 is 22.6 Å². The minimum atomic E-state index is 0.813. The summed E-state index contributed by atoms with van der Waals surface area (Å²) in [6, 6.07) is 5.86. The number of rotatable bonds is 0. The molecule has 2 aromatic rings. The van der Waals surface area contributed by atoms with E-state index in [1.54, 1.807) is 6.20 Å². The molecule has 2 nitrogen and oxygen atoms in total. The normalized spacial score (nSPS) is 10.4. The monoisotopic (exact) mass is 270 g/mol. The lowest BCUT2D eigenvalue weighted by molar-refractivity contribution is 1.36. The van der Waals surface area contributed by atoms with Gasteiger partial charge in [0.25, 0.3) is 0 Å². The quantitative estimate of drug-likeness (QED) is 0.589. The van der Waals surface area contributed by atoms with Gasteiger partial charge in [-0.15, -0.1) is 0 Å². The summed E-state index contributed by atoms with van der Waals surface area (Å²) in [6.07, 6.45) is 3.60. The van der Waals surface area contributed by atoms with Crippen molar-refractivity contribution in [2.24, 2.45) is 0 Å². The van der Waals surface area contributed by atoms with E-state index in [2.05, 4.69) is 27.6 Å². The van der Waals surface area contributed by atoms with Gasteiger partial charge in [0.05, 0.1) is 0 Å². The van der Waals surface area contributed by atoms with Crippen LogP contribution in [0.4, 0.5) is 5.69 Å². The predicted octanol–water partition coefficient (Wildman–Crippen LogP) is 2.42. The molecular formula is C9H7IN2. The number of fused-ring (bicyclic) bond motifs is 1. The third kappa shape index (κ3) is 1.14. The van der Waals surface area contributed by atoms with Crippen LogP contribution in [0.5, 0.6) is 0 Å². The smallest absolute Gasteiger partial charge is 0.0395 e. The Kier molecular flexibility index (Phi) is 1.88. The molecule has 0 aliphatic heterocycles. The van der Waals surface area contributed by atoms with E-state index < -0.39 is 0 Å². The van der Waals surface area contributed by atoms with Crippen LogP contribution in [0.15, 0.2) is 30.6 Å². The lowest BCUT2D eigenvalue weighted by Crippen LogP contribution is -1.88. The fourth-order valence-electron chi connectivity index (χ4n) is 1.18. The molecule has 1 heterocycles. The number of anilines is 1. The van der Waals surface area contributed by atoms with Crippen LogP contribution < -0.4 is 5.73 Å². The van der Waals surface area contributed by atoms with Gasteiger partial charge < -0.3 is 5.73 Å². The molecule has 2 rings (SSSR count). The fraction of sp³-hybridized carbons (Fsp3) is 0. The Bertz CT molecular complexity index is 385. The molecule has 0 saturated heterocycles. The molecule has 2 N–H and O–H groups in total. The number of nitrogens with two attached hydrogens (primary N) is 1. The summed E-state index contributed by atoms with van der Waals surface area (Å²) in [7, 11) is 0. The summed E-state index contributed by atoms with van der Waals surface area (Å²) in [5.41, 5.74) is 6.61. The van der Waals surface area contributed by atoms with Crippen molar-refractivity contribution in [1.29, 1.82) is 0 Å². The molecule has 0 bridgehead atoms. The molecule has 1 aromatic carbocycles. The van der Waals surface area contributed by atoms with Gasteiger partial charge in [-0.25, -0.2) is 0 Å². The zero-order valence-electron chi connectivity index (χ0n) is 6.29. The number of hydrogen-bond acceptors (Lipinski definition) is 2. The molecule has 0 fully saturated rings. The summed E-state index contributed by atoms with van der Waals surface area (Å²) in [6.45, 7) is 0. The summed E-state index contributed by atoms with van der Waals surface area (Å²) in [4.78, 5) is 4.05. The SMILES string of the molecule is Nc1ccc(I)c2cnccc12. The first kappa shape index (κ1) is 7.79. The summed E-state index contributed by atoms with van der Waals surface area (Å²) in [5.74, 6) is 0. The van der Waals surface area contributed by atoms with Crippen LogP contribution in [-0.2, 0) is 0 Å². The van der Waals surface area contributed by atoms with Gasteiger partial charge in [0.2, 0.25) is 0 Å². The van der Waals surface area contributed by atoms with Crippen molar-refractivity contribution in [3.8, 4) is 0 Å². The van der Waals surface area contributed by atoms with Crippen LogP contribution in [0.2, 0.25) is 0 Å². The number of nitrogens with zero attached hydrogens (tertiary/aromatic N) is 1. The average Bonchev–Trinajstić information content (AvgIpc) is 2.12. The van der Waals surface area contributed by atoms with E-state index in [9.17, 15) is 0 Å². The van der Waals surface area contributed by atoms with E-state index in [0.29, 0.717) is 0 Å². The zero-order chi connectivity index (χ0) is 8.55. The van der Waals surface area contributed by atoms with Crippen molar-refractivity contribution in [2.75, 3.05) is 5.73 Å². The largest absolute Gasteiger partial charge is 0.398 e. The molecule has 0 spiro atoms. The second kappa shape index (κ2) is 2.90. The van der Waals surface area contributed by atoms with Crippen LogP contribution in [0, 0.1) is 3.57 Å². The summed E-state index contributed by atoms with van der Waals surface area (Å²) >= 11 is 2.28. The highest BCUT2D eigenvalue weighted by Gasteiger charge is 1.99. The number of benzene rings is 1. The third-order valence-electron chi connectivity index (χ3n) is 1.80. The molecule has 0 aliphatic rings. The second-order valence-corrected chi connectivity index (χ2v) is 3.72. The molecule has 0 saturated carbocycles. The number of aromatic nitrogens is 1. The Morgan fingerprint density at radius 1 is 1.17 bits per heavy atom. The first-order valence-corrected chi connectivity index (χ1v) is 4.64. The highest BCUT2D eigenvalue weighted by atomic mass is 127. The third-order valence-corrected chi connectivity index (χ3v) is 2.74.